The molecule has 204 valence electrons. The first kappa shape index (κ1) is 27.2. The maximum atomic E-state index is 12.5. The molecule has 1 aromatic heterocycles. The number of nitrogens with zero attached hydrogens (tertiary/aromatic N) is 3. The van der Waals surface area contributed by atoms with Crippen molar-refractivity contribution < 1.29 is 27.8 Å². The molecule has 2 fully saturated rings. The molecule has 2 atom stereocenters. The highest BCUT2D eigenvalue weighted by Crippen LogP contribution is 2.33. The Labute approximate surface area is 213 Å². The lowest BCUT2D eigenvalue weighted by Gasteiger charge is -2.30. The molecule has 12 heteroatoms. The predicted octanol–water partition coefficient (Wildman–Crippen LogP) is 3.05. The van der Waals surface area contributed by atoms with Crippen molar-refractivity contribution in [3.8, 4) is 5.75 Å². The number of nitrogens with one attached hydrogen (secondary N) is 2. The molecule has 37 heavy (non-hydrogen) atoms. The number of aliphatic hydroxyl groups is 1. The second-order valence-corrected chi connectivity index (χ2v) is 9.67. The number of nitrogens with two attached hydrogens (primary N) is 1. The third-order valence-corrected chi connectivity index (χ3v) is 6.73. The maximum absolute atomic E-state index is 12.5. The minimum Gasteiger partial charge on any atom is -0.490 e. The number of benzene rings is 1. The molecule has 4 rings (SSSR count). The van der Waals surface area contributed by atoms with E-state index in [1.165, 1.54) is 0 Å². The molecule has 0 unspecified atom stereocenters. The topological polar surface area (TPSA) is 119 Å². The highest BCUT2D eigenvalue weighted by atomic mass is 19.4. The van der Waals surface area contributed by atoms with Gasteiger partial charge in [-0.2, -0.15) is 13.2 Å². The number of alkyl halides is 3. The van der Waals surface area contributed by atoms with Crippen LogP contribution >= 0.6 is 0 Å². The lowest BCUT2D eigenvalue weighted by molar-refractivity contribution is -0.202. The Morgan fingerprint density at radius 3 is 2.78 bits per heavy atom. The standard InChI is InChI=1S/C25H35F3N6O3/c1-34-15-32-24-20(33-23(29)8-9-30-17-3-2-10-36-14-17)11-19(12-21(24)34)37-18-6-4-16(5-7-18)31-13-22(35)25(26,27)28/h8-9,11-12,15-18,22,30-31,35H,2-7,10,13-14H2,1H3,(H2,29,33)/b9-8-/t16?,17-,18?,22-/m1/s1. The van der Waals surface area contributed by atoms with Crippen LogP contribution in [0.5, 0.6) is 5.75 Å². The van der Waals surface area contributed by atoms with Crippen LogP contribution in [0.3, 0.4) is 0 Å². The van der Waals surface area contributed by atoms with E-state index < -0.39 is 18.8 Å². The Kier molecular flexibility index (Phi) is 8.93. The van der Waals surface area contributed by atoms with E-state index in [1.807, 2.05) is 23.7 Å². The van der Waals surface area contributed by atoms with Crippen LogP contribution in [0.4, 0.5) is 18.9 Å². The van der Waals surface area contributed by atoms with Crippen LogP contribution in [0.1, 0.15) is 38.5 Å². The van der Waals surface area contributed by atoms with E-state index in [-0.39, 0.29) is 18.2 Å². The highest BCUT2D eigenvalue weighted by Gasteiger charge is 2.38. The van der Waals surface area contributed by atoms with Gasteiger partial charge in [-0.05, 0) is 44.6 Å². The average molecular weight is 525 g/mol. The van der Waals surface area contributed by atoms with Crippen molar-refractivity contribution in [1.82, 2.24) is 20.2 Å². The van der Waals surface area contributed by atoms with Crippen molar-refractivity contribution in [3.63, 3.8) is 0 Å². The van der Waals surface area contributed by atoms with E-state index in [9.17, 15) is 18.3 Å². The first-order valence-electron chi connectivity index (χ1n) is 12.6. The van der Waals surface area contributed by atoms with Gasteiger partial charge in [0, 0.05) is 50.6 Å². The van der Waals surface area contributed by atoms with Gasteiger partial charge in [-0.15, -0.1) is 0 Å². The molecule has 1 saturated heterocycles. The minimum absolute atomic E-state index is 0.0766. The zero-order valence-corrected chi connectivity index (χ0v) is 20.9. The molecule has 1 aliphatic heterocycles. The van der Waals surface area contributed by atoms with Gasteiger partial charge in [0.2, 0.25) is 0 Å². The molecule has 2 heterocycles. The van der Waals surface area contributed by atoms with E-state index in [2.05, 4.69) is 20.6 Å². The monoisotopic (exact) mass is 524 g/mol. The van der Waals surface area contributed by atoms with Gasteiger partial charge in [0.05, 0.1) is 30.2 Å². The Morgan fingerprint density at radius 2 is 2.08 bits per heavy atom. The Balaban J connectivity index is 1.37. The number of ether oxygens (including phenoxy) is 2. The molecule has 9 nitrogen and oxygen atoms in total. The average Bonchev–Trinajstić information content (AvgIpc) is 3.24. The van der Waals surface area contributed by atoms with Crippen molar-refractivity contribution in [1.29, 1.82) is 0 Å². The molecule has 2 aliphatic rings. The quantitative estimate of drug-likeness (QED) is 0.294. The maximum Gasteiger partial charge on any atom is 0.415 e. The van der Waals surface area contributed by atoms with Gasteiger partial charge in [0.25, 0.3) is 0 Å². The lowest BCUT2D eigenvalue weighted by Crippen LogP contribution is -2.44. The van der Waals surface area contributed by atoms with E-state index in [0.717, 1.165) is 25.0 Å². The SMILES string of the molecule is Cn1cnc2c(N=C(N)/C=C\N[C@@H]3CCCOC3)cc(OC3CCC(NC[C@@H](O)C(F)(F)F)CC3)cc21. The van der Waals surface area contributed by atoms with Gasteiger partial charge < -0.3 is 35.5 Å². The Hall–Kier alpha value is -2.83. The summed E-state index contributed by atoms with van der Waals surface area (Å²) in [5.41, 5.74) is 8.31. The number of halogens is 3. The second-order valence-electron chi connectivity index (χ2n) is 9.67. The van der Waals surface area contributed by atoms with E-state index in [4.69, 9.17) is 15.2 Å². The van der Waals surface area contributed by atoms with E-state index in [0.29, 0.717) is 55.1 Å². The molecule has 0 radical (unpaired) electrons. The van der Waals surface area contributed by atoms with Crippen molar-refractivity contribution >= 4 is 22.6 Å². The summed E-state index contributed by atoms with van der Waals surface area (Å²) in [6, 6.07) is 3.89. The number of fused-ring (bicyclic) bond motifs is 1. The van der Waals surface area contributed by atoms with Crippen LogP contribution in [0.25, 0.3) is 11.0 Å². The van der Waals surface area contributed by atoms with E-state index >= 15 is 0 Å². The number of aryl methyl sites for hydroxylation is 1. The third kappa shape index (κ3) is 7.59. The number of aliphatic hydroxyl groups excluding tert-OH is 1. The molecule has 1 saturated carbocycles. The highest BCUT2D eigenvalue weighted by molar-refractivity contribution is 5.97. The number of hydrogen-bond donors (Lipinski definition) is 4. The fraction of sp³-hybridized carbons (Fsp3) is 0.600. The zero-order chi connectivity index (χ0) is 26.4. The lowest BCUT2D eigenvalue weighted by atomic mass is 9.93. The molecule has 1 aromatic carbocycles. The molecule has 0 spiro atoms. The predicted molar refractivity (Wildman–Crippen MR) is 135 cm³/mol. The Morgan fingerprint density at radius 1 is 1.30 bits per heavy atom. The number of aromatic nitrogens is 2. The largest absolute Gasteiger partial charge is 0.490 e. The molecule has 2 aromatic rings. The second kappa shape index (κ2) is 12.1. The third-order valence-electron chi connectivity index (χ3n) is 6.73. The molecular formula is C25H35F3N6O3. The van der Waals surface area contributed by atoms with Crippen LogP contribution in [0.15, 0.2) is 35.7 Å². The van der Waals surface area contributed by atoms with Crippen molar-refractivity contribution in [2.45, 2.75) is 69.0 Å². The summed E-state index contributed by atoms with van der Waals surface area (Å²) in [6.07, 6.45) is 2.91. The summed E-state index contributed by atoms with van der Waals surface area (Å²) in [7, 11) is 1.89. The number of amidine groups is 1. The smallest absolute Gasteiger partial charge is 0.415 e. The van der Waals surface area contributed by atoms with Crippen LogP contribution < -0.4 is 21.1 Å². The van der Waals surface area contributed by atoms with Crippen molar-refractivity contribution in [2.75, 3.05) is 19.8 Å². The molecule has 0 amide bonds. The van der Waals surface area contributed by atoms with E-state index in [1.54, 1.807) is 18.6 Å². The molecular weight excluding hydrogens is 489 g/mol. The van der Waals surface area contributed by atoms with Gasteiger partial charge in [0.15, 0.2) is 6.10 Å². The van der Waals surface area contributed by atoms with Crippen LogP contribution in [0.2, 0.25) is 0 Å². The van der Waals surface area contributed by atoms with Gasteiger partial charge in [-0.3, -0.25) is 0 Å². The molecule has 1 aliphatic carbocycles. The van der Waals surface area contributed by atoms with Crippen LogP contribution in [0, 0.1) is 0 Å². The fourth-order valence-electron chi connectivity index (χ4n) is 4.63. The van der Waals surface area contributed by atoms with Gasteiger partial charge in [0.1, 0.15) is 17.1 Å². The van der Waals surface area contributed by atoms with Crippen LogP contribution in [-0.2, 0) is 11.8 Å². The number of imidazole rings is 1. The summed E-state index contributed by atoms with van der Waals surface area (Å²) < 4.78 is 51.2. The van der Waals surface area contributed by atoms with Crippen molar-refractivity contribution in [2.24, 2.45) is 17.8 Å². The van der Waals surface area contributed by atoms with Gasteiger partial charge in [-0.1, -0.05) is 0 Å². The number of aliphatic imine (C=N–C) groups is 1. The van der Waals surface area contributed by atoms with Gasteiger partial charge in [-0.25, -0.2) is 9.98 Å². The Bertz CT molecular complexity index is 1090. The molecule has 5 N–H and O–H groups in total. The summed E-state index contributed by atoms with van der Waals surface area (Å²) >= 11 is 0. The van der Waals surface area contributed by atoms with Crippen molar-refractivity contribution in [3.05, 3.63) is 30.7 Å². The van der Waals surface area contributed by atoms with Gasteiger partial charge >= 0.3 is 6.18 Å². The first-order valence-corrected chi connectivity index (χ1v) is 12.6. The normalized spacial score (nSPS) is 24.5. The van der Waals surface area contributed by atoms with Crippen LogP contribution in [-0.4, -0.2) is 70.7 Å². The first-order chi connectivity index (χ1) is 17.7. The fourth-order valence-corrected chi connectivity index (χ4v) is 4.63. The number of hydrogen-bond acceptors (Lipinski definition) is 7. The summed E-state index contributed by atoms with van der Waals surface area (Å²) in [5.74, 6) is 0.953. The summed E-state index contributed by atoms with van der Waals surface area (Å²) in [4.78, 5) is 9.02. The zero-order valence-electron chi connectivity index (χ0n) is 20.9. The molecule has 0 bridgehead atoms. The summed E-state index contributed by atoms with van der Waals surface area (Å²) in [6.45, 7) is 0.968. The minimum atomic E-state index is -4.61. The number of rotatable bonds is 9. The summed E-state index contributed by atoms with van der Waals surface area (Å²) in [5, 5.41) is 15.3.